The molecule has 0 spiro atoms. The minimum atomic E-state index is -0.743. The highest BCUT2D eigenvalue weighted by molar-refractivity contribution is 8.00. The van der Waals surface area contributed by atoms with E-state index in [1.807, 2.05) is 54.6 Å². The van der Waals surface area contributed by atoms with Crippen LogP contribution in [0, 0.1) is 0 Å². The second-order valence-corrected chi connectivity index (χ2v) is 16.3. The maximum absolute atomic E-state index is 14.4. The molecule has 1 unspecified atom stereocenters. The van der Waals surface area contributed by atoms with Gasteiger partial charge in [0.2, 0.25) is 5.91 Å². The molecule has 0 aliphatic carbocycles. The molecule has 0 saturated carbocycles. The van der Waals surface area contributed by atoms with Crippen LogP contribution in [-0.4, -0.2) is 56.5 Å². The van der Waals surface area contributed by atoms with Crippen molar-refractivity contribution in [1.29, 1.82) is 0 Å². The van der Waals surface area contributed by atoms with Crippen molar-refractivity contribution < 1.29 is 33.4 Å². The van der Waals surface area contributed by atoms with Crippen LogP contribution in [0.5, 0.6) is 11.5 Å². The first-order valence-corrected chi connectivity index (χ1v) is 21.2. The Morgan fingerprint density at radius 2 is 1.52 bits per heavy atom. The first-order chi connectivity index (χ1) is 29.7. The third kappa shape index (κ3) is 10.6. The summed E-state index contributed by atoms with van der Waals surface area (Å²) in [6, 6.07) is 40.5. The van der Waals surface area contributed by atoms with Crippen molar-refractivity contribution in [2.45, 2.75) is 29.7 Å². The van der Waals surface area contributed by atoms with Crippen LogP contribution in [0.2, 0.25) is 0 Å². The second kappa shape index (κ2) is 20.1. The fraction of sp³-hybridized carbons (Fsp3) is 0.167. The number of carbonyl (C=O) groups is 4. The van der Waals surface area contributed by atoms with Gasteiger partial charge in [0.15, 0.2) is 0 Å². The number of fused-ring (bicyclic) bond motifs is 1. The second-order valence-electron chi connectivity index (χ2n) is 14.0. The lowest BCUT2D eigenvalue weighted by Gasteiger charge is -2.27. The standard InChI is InChI=1S/C48H44N4O7S2/c1-57-36-22-23-40(58-2)34(26-36)27-39(50-44(53)33-18-11-6-12-19-33)45(54)49-35-20-13-21-37(28-35)60-43(32-16-9-5-10-17-32)46(55)51-47-42(48(56)59-3)38-24-25-52(30-41(38)61-47)29-31-14-7-4-8-15-31/h4-23,26-28,43H,24-25,29-30H2,1-3H3,(H,49,54)(H,50,53)(H,51,55)/b39-27+. The van der Waals surface area contributed by atoms with Crippen molar-refractivity contribution in [2.24, 2.45) is 0 Å². The Balaban J connectivity index is 1.13. The van der Waals surface area contributed by atoms with Crippen LogP contribution in [0.15, 0.2) is 144 Å². The molecule has 0 fully saturated rings. The van der Waals surface area contributed by atoms with Gasteiger partial charge in [-0.3, -0.25) is 19.3 Å². The number of rotatable bonds is 15. The molecule has 1 aromatic heterocycles. The number of esters is 1. The van der Waals surface area contributed by atoms with E-state index < -0.39 is 23.0 Å². The molecule has 1 aliphatic heterocycles. The fourth-order valence-corrected chi connectivity index (χ4v) is 9.31. The maximum Gasteiger partial charge on any atom is 0.341 e. The Labute approximate surface area is 362 Å². The molecule has 2 heterocycles. The zero-order valence-corrected chi connectivity index (χ0v) is 35.4. The summed E-state index contributed by atoms with van der Waals surface area (Å²) in [4.78, 5) is 59.1. The summed E-state index contributed by atoms with van der Waals surface area (Å²) in [6.45, 7) is 2.18. The summed E-state index contributed by atoms with van der Waals surface area (Å²) in [7, 11) is 4.40. The normalized spacial score (nSPS) is 13.0. The van der Waals surface area contributed by atoms with Gasteiger partial charge in [0.1, 0.15) is 27.4 Å². The lowest BCUT2D eigenvalue weighted by atomic mass is 10.0. The van der Waals surface area contributed by atoms with Gasteiger partial charge in [-0.25, -0.2) is 4.79 Å². The molecule has 310 valence electrons. The van der Waals surface area contributed by atoms with Crippen LogP contribution in [0.3, 0.4) is 0 Å². The zero-order valence-electron chi connectivity index (χ0n) is 33.8. The highest BCUT2D eigenvalue weighted by atomic mass is 32.2. The third-order valence-corrected chi connectivity index (χ3v) is 12.3. The van der Waals surface area contributed by atoms with Crippen LogP contribution in [0.4, 0.5) is 10.7 Å². The Morgan fingerprint density at radius 3 is 2.23 bits per heavy atom. The van der Waals surface area contributed by atoms with E-state index in [2.05, 4.69) is 33.0 Å². The number of thiophene rings is 1. The molecule has 7 rings (SSSR count). The molecule has 6 aromatic rings. The average Bonchev–Trinajstić information content (AvgIpc) is 3.65. The van der Waals surface area contributed by atoms with Gasteiger partial charge in [-0.15, -0.1) is 23.1 Å². The summed E-state index contributed by atoms with van der Waals surface area (Å²) >= 11 is 2.70. The van der Waals surface area contributed by atoms with E-state index in [-0.39, 0.29) is 11.6 Å². The molecule has 0 saturated heterocycles. The molecule has 3 amide bonds. The van der Waals surface area contributed by atoms with E-state index >= 15 is 0 Å². The number of amides is 3. The van der Waals surface area contributed by atoms with Crippen molar-refractivity contribution in [2.75, 3.05) is 38.5 Å². The number of carbonyl (C=O) groups excluding carboxylic acids is 4. The number of hydrogen-bond acceptors (Lipinski definition) is 10. The van der Waals surface area contributed by atoms with Crippen LogP contribution in [0.25, 0.3) is 6.08 Å². The molecule has 13 heteroatoms. The monoisotopic (exact) mass is 852 g/mol. The van der Waals surface area contributed by atoms with E-state index in [0.29, 0.717) is 56.7 Å². The maximum atomic E-state index is 14.4. The number of nitrogens with zero attached hydrogens (tertiary/aromatic N) is 1. The smallest absolute Gasteiger partial charge is 0.341 e. The first-order valence-electron chi connectivity index (χ1n) is 19.5. The van der Waals surface area contributed by atoms with Gasteiger partial charge < -0.3 is 30.2 Å². The van der Waals surface area contributed by atoms with E-state index in [9.17, 15) is 19.2 Å². The number of ether oxygens (including phenoxy) is 3. The Kier molecular flexibility index (Phi) is 14.0. The molecule has 11 nitrogen and oxygen atoms in total. The molecule has 5 aromatic carbocycles. The molecular weight excluding hydrogens is 809 g/mol. The van der Waals surface area contributed by atoms with Crippen molar-refractivity contribution in [3.05, 3.63) is 177 Å². The van der Waals surface area contributed by atoms with Gasteiger partial charge >= 0.3 is 5.97 Å². The van der Waals surface area contributed by atoms with Gasteiger partial charge in [-0.2, -0.15) is 0 Å². The predicted molar refractivity (Wildman–Crippen MR) is 240 cm³/mol. The lowest BCUT2D eigenvalue weighted by molar-refractivity contribution is -0.116. The van der Waals surface area contributed by atoms with Crippen molar-refractivity contribution in [3.8, 4) is 11.5 Å². The molecule has 0 radical (unpaired) electrons. The van der Waals surface area contributed by atoms with Crippen molar-refractivity contribution in [3.63, 3.8) is 0 Å². The van der Waals surface area contributed by atoms with Gasteiger partial charge in [0.25, 0.3) is 11.8 Å². The van der Waals surface area contributed by atoms with E-state index in [4.69, 9.17) is 14.2 Å². The van der Waals surface area contributed by atoms with Crippen LogP contribution < -0.4 is 25.4 Å². The largest absolute Gasteiger partial charge is 0.497 e. The van der Waals surface area contributed by atoms with Gasteiger partial charge in [0, 0.05) is 46.2 Å². The Morgan fingerprint density at radius 1 is 0.803 bits per heavy atom. The number of benzene rings is 5. The van der Waals surface area contributed by atoms with Gasteiger partial charge in [-0.05, 0) is 77.7 Å². The molecular formula is C48H44N4O7S2. The number of hydrogen-bond donors (Lipinski definition) is 3. The Bertz CT molecular complexity index is 2550. The quantitative estimate of drug-likeness (QED) is 0.0526. The summed E-state index contributed by atoms with van der Waals surface area (Å²) < 4.78 is 16.2. The minimum absolute atomic E-state index is 0.0387. The SMILES string of the molecule is COC(=O)c1c(NC(=O)C(Sc2cccc(NC(=O)/C(=C\c3cc(OC)ccc3OC)NC(=O)c3ccccc3)c2)c2ccccc2)sc2c1CCN(Cc1ccccc1)C2. The molecule has 61 heavy (non-hydrogen) atoms. The summed E-state index contributed by atoms with van der Waals surface area (Å²) in [5.41, 5.74) is 4.52. The van der Waals surface area contributed by atoms with Crippen molar-refractivity contribution in [1.82, 2.24) is 10.2 Å². The highest BCUT2D eigenvalue weighted by Gasteiger charge is 2.31. The predicted octanol–water partition coefficient (Wildman–Crippen LogP) is 8.99. The highest BCUT2D eigenvalue weighted by Crippen LogP contribution is 2.41. The number of thioether (sulfide) groups is 1. The van der Waals surface area contributed by atoms with E-state index in [1.54, 1.807) is 66.7 Å². The van der Waals surface area contributed by atoms with Crippen LogP contribution in [-0.2, 0) is 33.8 Å². The average molecular weight is 853 g/mol. The molecule has 1 aliphatic rings. The van der Waals surface area contributed by atoms with Crippen LogP contribution >= 0.6 is 23.1 Å². The van der Waals surface area contributed by atoms with Crippen molar-refractivity contribution >= 4 is 63.6 Å². The van der Waals surface area contributed by atoms with Crippen LogP contribution in [0.1, 0.15) is 53.1 Å². The third-order valence-electron chi connectivity index (χ3n) is 9.96. The molecule has 1 atom stereocenters. The Hall–Kier alpha value is -6.67. The zero-order chi connectivity index (χ0) is 42.7. The summed E-state index contributed by atoms with van der Waals surface area (Å²) in [5, 5.41) is 8.50. The lowest BCUT2D eigenvalue weighted by Crippen LogP contribution is -2.30. The minimum Gasteiger partial charge on any atom is -0.497 e. The molecule has 0 bridgehead atoms. The van der Waals surface area contributed by atoms with Gasteiger partial charge in [0.05, 0.1) is 26.9 Å². The summed E-state index contributed by atoms with van der Waals surface area (Å²) in [5.74, 6) is -0.875. The van der Waals surface area contributed by atoms with E-state index in [0.717, 1.165) is 29.1 Å². The fourth-order valence-electron chi connectivity index (χ4n) is 6.95. The first kappa shape index (κ1) is 42.5. The summed E-state index contributed by atoms with van der Waals surface area (Å²) in [6.07, 6.45) is 2.17. The number of anilines is 2. The number of methoxy groups -OCH3 is 3. The van der Waals surface area contributed by atoms with E-state index in [1.165, 1.54) is 56.1 Å². The van der Waals surface area contributed by atoms with Gasteiger partial charge in [-0.1, -0.05) is 84.9 Å². The topological polar surface area (TPSA) is 135 Å². The molecule has 3 N–H and O–H groups in total. The number of nitrogens with one attached hydrogen (secondary N) is 3.